The van der Waals surface area contributed by atoms with E-state index in [0.717, 1.165) is 4.90 Å². The summed E-state index contributed by atoms with van der Waals surface area (Å²) in [5, 5.41) is 0. The number of para-hydroxylation sites is 2. The predicted molar refractivity (Wildman–Crippen MR) is 117 cm³/mol. The Balaban J connectivity index is 1.40. The minimum absolute atomic E-state index is 0.0761. The van der Waals surface area contributed by atoms with Gasteiger partial charge in [-0.25, -0.2) is 10.3 Å². The first-order chi connectivity index (χ1) is 15.6. The van der Waals surface area contributed by atoms with Crippen LogP contribution in [-0.2, 0) is 9.59 Å². The number of imide groups is 1. The summed E-state index contributed by atoms with van der Waals surface area (Å²) in [6, 6.07) is 21.8. The smallest absolute Gasteiger partial charge is 0.269 e. The molecule has 1 atom stereocenters. The number of methoxy groups -OCH3 is 1. The number of benzene rings is 3. The number of carbonyl (C=O) groups excluding carboxylic acids is 3. The average Bonchev–Trinajstić information content (AvgIpc) is 3.11. The number of rotatable bonds is 7. The van der Waals surface area contributed by atoms with Gasteiger partial charge in [0.1, 0.15) is 23.3 Å². The van der Waals surface area contributed by atoms with E-state index in [1.807, 2.05) is 30.3 Å². The van der Waals surface area contributed by atoms with Crippen molar-refractivity contribution in [1.82, 2.24) is 10.9 Å². The summed E-state index contributed by atoms with van der Waals surface area (Å²) in [5.41, 5.74) is 5.89. The maximum absolute atomic E-state index is 12.8. The number of hydrogen-bond acceptors (Lipinski definition) is 6. The van der Waals surface area contributed by atoms with Crippen LogP contribution in [0.3, 0.4) is 0 Å². The van der Waals surface area contributed by atoms with Crippen molar-refractivity contribution in [2.24, 2.45) is 0 Å². The number of hydrazine groups is 1. The van der Waals surface area contributed by atoms with E-state index in [-0.39, 0.29) is 12.3 Å². The van der Waals surface area contributed by atoms with Gasteiger partial charge >= 0.3 is 0 Å². The van der Waals surface area contributed by atoms with Gasteiger partial charge in [0.2, 0.25) is 5.91 Å². The van der Waals surface area contributed by atoms with Gasteiger partial charge in [0.15, 0.2) is 0 Å². The quantitative estimate of drug-likeness (QED) is 0.441. The van der Waals surface area contributed by atoms with E-state index < -0.39 is 17.9 Å². The van der Waals surface area contributed by atoms with E-state index in [4.69, 9.17) is 9.47 Å². The Kier molecular flexibility index (Phi) is 6.14. The molecule has 0 aliphatic carbocycles. The normalized spacial score (nSPS) is 15.5. The first-order valence-electron chi connectivity index (χ1n) is 9.95. The van der Waals surface area contributed by atoms with E-state index in [1.54, 1.807) is 48.5 Å². The monoisotopic (exact) mass is 431 g/mol. The molecule has 8 nitrogen and oxygen atoms in total. The lowest BCUT2D eigenvalue weighted by Gasteiger charge is -2.17. The molecule has 162 valence electrons. The van der Waals surface area contributed by atoms with Gasteiger partial charge < -0.3 is 9.47 Å². The molecule has 1 fully saturated rings. The van der Waals surface area contributed by atoms with Gasteiger partial charge in [-0.1, -0.05) is 30.3 Å². The molecule has 1 heterocycles. The van der Waals surface area contributed by atoms with Crippen LogP contribution in [0, 0.1) is 0 Å². The van der Waals surface area contributed by atoms with Crippen LogP contribution in [0.4, 0.5) is 5.69 Å². The van der Waals surface area contributed by atoms with Crippen molar-refractivity contribution in [3.05, 3.63) is 84.4 Å². The van der Waals surface area contributed by atoms with Crippen LogP contribution in [-0.4, -0.2) is 30.9 Å². The Morgan fingerprint density at radius 3 is 2.28 bits per heavy atom. The lowest BCUT2D eigenvalue weighted by atomic mass is 10.2. The second-order valence-corrected chi connectivity index (χ2v) is 7.03. The fourth-order valence-corrected chi connectivity index (χ4v) is 3.36. The highest BCUT2D eigenvalue weighted by Crippen LogP contribution is 2.27. The first kappa shape index (κ1) is 21.1. The Morgan fingerprint density at radius 2 is 1.56 bits per heavy atom. The lowest BCUT2D eigenvalue weighted by Crippen LogP contribution is -2.48. The second-order valence-electron chi connectivity index (χ2n) is 7.03. The van der Waals surface area contributed by atoms with Crippen LogP contribution in [0.25, 0.3) is 0 Å². The van der Waals surface area contributed by atoms with Gasteiger partial charge in [-0.2, -0.15) is 0 Å². The van der Waals surface area contributed by atoms with Crippen LogP contribution in [0.15, 0.2) is 78.9 Å². The summed E-state index contributed by atoms with van der Waals surface area (Å²) in [7, 11) is 1.47. The molecule has 1 aliphatic rings. The average molecular weight is 431 g/mol. The third kappa shape index (κ3) is 4.45. The van der Waals surface area contributed by atoms with Crippen molar-refractivity contribution >= 4 is 23.4 Å². The van der Waals surface area contributed by atoms with Crippen molar-refractivity contribution < 1.29 is 23.9 Å². The molecule has 3 amide bonds. The molecule has 0 radical (unpaired) electrons. The highest BCUT2D eigenvalue weighted by atomic mass is 16.5. The number of hydrogen-bond donors (Lipinski definition) is 2. The van der Waals surface area contributed by atoms with E-state index >= 15 is 0 Å². The molecular weight excluding hydrogens is 410 g/mol. The van der Waals surface area contributed by atoms with Gasteiger partial charge in [-0.3, -0.25) is 19.8 Å². The van der Waals surface area contributed by atoms with Crippen LogP contribution >= 0.6 is 0 Å². The fourth-order valence-electron chi connectivity index (χ4n) is 3.36. The van der Waals surface area contributed by atoms with Crippen molar-refractivity contribution in [1.29, 1.82) is 0 Å². The van der Waals surface area contributed by atoms with Crippen LogP contribution in [0.5, 0.6) is 17.2 Å². The summed E-state index contributed by atoms with van der Waals surface area (Å²) in [6.45, 7) is 0. The standard InChI is InChI=1S/C24H21N3O5/c1-31-21-10-6-5-9-19(21)23(29)26-25-20-15-22(28)27(24(20)30)16-11-13-18(14-12-16)32-17-7-3-2-4-8-17/h2-14,20,25H,15H2,1H3,(H,26,29)/t20-/m0/s1. The molecule has 8 heteroatoms. The fraction of sp³-hybridized carbons (Fsp3) is 0.125. The van der Waals surface area contributed by atoms with Gasteiger partial charge in [-0.15, -0.1) is 0 Å². The van der Waals surface area contributed by atoms with Crippen LogP contribution < -0.4 is 25.2 Å². The van der Waals surface area contributed by atoms with Crippen molar-refractivity contribution in [2.45, 2.75) is 12.5 Å². The minimum atomic E-state index is -0.874. The largest absolute Gasteiger partial charge is 0.496 e. The summed E-state index contributed by atoms with van der Waals surface area (Å²) in [5.74, 6) is 0.382. The highest BCUT2D eigenvalue weighted by Gasteiger charge is 2.39. The molecule has 3 aromatic rings. The molecule has 2 N–H and O–H groups in total. The van der Waals surface area contributed by atoms with Crippen LogP contribution in [0.2, 0.25) is 0 Å². The number of anilines is 1. The van der Waals surface area contributed by atoms with E-state index in [9.17, 15) is 14.4 Å². The zero-order valence-electron chi connectivity index (χ0n) is 17.3. The van der Waals surface area contributed by atoms with Crippen molar-refractivity contribution in [3.63, 3.8) is 0 Å². The molecule has 0 unspecified atom stereocenters. The van der Waals surface area contributed by atoms with Gasteiger partial charge in [-0.05, 0) is 48.5 Å². The highest BCUT2D eigenvalue weighted by molar-refractivity contribution is 6.22. The molecular formula is C24H21N3O5. The zero-order chi connectivity index (χ0) is 22.5. The topological polar surface area (TPSA) is 97.0 Å². The molecule has 1 saturated heterocycles. The predicted octanol–water partition coefficient (Wildman–Crippen LogP) is 3.05. The lowest BCUT2D eigenvalue weighted by molar-refractivity contribution is -0.121. The molecule has 0 spiro atoms. The molecule has 0 aromatic heterocycles. The van der Waals surface area contributed by atoms with Gasteiger partial charge in [0.05, 0.1) is 24.8 Å². The maximum atomic E-state index is 12.8. The van der Waals surface area contributed by atoms with Gasteiger partial charge in [0, 0.05) is 0 Å². The number of nitrogens with one attached hydrogen (secondary N) is 2. The minimum Gasteiger partial charge on any atom is -0.496 e. The van der Waals surface area contributed by atoms with Crippen molar-refractivity contribution in [2.75, 3.05) is 12.0 Å². The van der Waals surface area contributed by atoms with Crippen molar-refractivity contribution in [3.8, 4) is 17.2 Å². The summed E-state index contributed by atoms with van der Waals surface area (Å²) < 4.78 is 10.9. The Labute approximate surface area is 184 Å². The van der Waals surface area contributed by atoms with E-state index in [1.165, 1.54) is 7.11 Å². The van der Waals surface area contributed by atoms with E-state index in [0.29, 0.717) is 28.5 Å². The number of carbonyl (C=O) groups is 3. The summed E-state index contributed by atoms with van der Waals surface area (Å²) >= 11 is 0. The maximum Gasteiger partial charge on any atom is 0.269 e. The van der Waals surface area contributed by atoms with E-state index in [2.05, 4.69) is 10.9 Å². The number of nitrogens with zero attached hydrogens (tertiary/aromatic N) is 1. The number of ether oxygens (including phenoxy) is 2. The molecule has 0 bridgehead atoms. The first-order valence-corrected chi connectivity index (χ1v) is 9.95. The Morgan fingerprint density at radius 1 is 0.906 bits per heavy atom. The zero-order valence-corrected chi connectivity index (χ0v) is 17.3. The van der Waals surface area contributed by atoms with Crippen LogP contribution in [0.1, 0.15) is 16.8 Å². The number of amides is 3. The SMILES string of the molecule is COc1ccccc1C(=O)NN[C@H]1CC(=O)N(c2ccc(Oc3ccccc3)cc2)C1=O. The van der Waals surface area contributed by atoms with Gasteiger partial charge in [0.25, 0.3) is 11.8 Å². The summed E-state index contributed by atoms with van der Waals surface area (Å²) in [4.78, 5) is 38.8. The molecule has 3 aromatic carbocycles. The summed E-state index contributed by atoms with van der Waals surface area (Å²) in [6.07, 6.45) is -0.0761. The Bertz CT molecular complexity index is 1130. The molecule has 0 saturated carbocycles. The third-order valence-corrected chi connectivity index (χ3v) is 4.93. The third-order valence-electron chi connectivity index (χ3n) is 4.93. The Hall–Kier alpha value is -4.17. The molecule has 1 aliphatic heterocycles. The molecule has 32 heavy (non-hydrogen) atoms. The second kappa shape index (κ2) is 9.32. The molecule has 4 rings (SSSR count).